The third-order valence-electron chi connectivity index (χ3n) is 7.45. The molecule has 2 nitrogen and oxygen atoms in total. The van der Waals surface area contributed by atoms with E-state index in [1.165, 1.54) is 22.3 Å². The summed E-state index contributed by atoms with van der Waals surface area (Å²) in [7, 11) is 0. The highest BCUT2D eigenvalue weighted by Crippen LogP contribution is 2.38. The van der Waals surface area contributed by atoms with Crippen LogP contribution in [0.1, 0.15) is 112 Å². The molecule has 0 heterocycles. The monoisotopic (exact) mass is 528 g/mol. The minimum atomic E-state index is 0.348. The summed E-state index contributed by atoms with van der Waals surface area (Å²) in [5.41, 5.74) is 11.1. The lowest BCUT2D eigenvalue weighted by atomic mass is 9.91. The van der Waals surface area contributed by atoms with Gasteiger partial charge in [0, 0.05) is 11.1 Å². The maximum atomic E-state index is 5.58. The molecule has 0 amide bonds. The van der Waals surface area contributed by atoms with E-state index in [0.717, 1.165) is 33.9 Å². The van der Waals surface area contributed by atoms with Crippen LogP contribution in [-0.2, 0) is 0 Å². The highest BCUT2D eigenvalue weighted by Gasteiger charge is 2.21. The number of nitrogens with zero attached hydrogens (tertiary/aromatic N) is 2. The van der Waals surface area contributed by atoms with Gasteiger partial charge in [-0.25, -0.2) is 9.98 Å². The van der Waals surface area contributed by atoms with Gasteiger partial charge in [0.25, 0.3) is 0 Å². The molecule has 0 aromatic heterocycles. The Labute approximate surface area is 242 Å². The lowest BCUT2D eigenvalue weighted by Gasteiger charge is -2.21. The Morgan fingerprint density at radius 3 is 0.900 bits per heavy atom. The van der Waals surface area contributed by atoms with Crippen LogP contribution < -0.4 is 0 Å². The number of benzene rings is 4. The van der Waals surface area contributed by atoms with Crippen LogP contribution in [0.2, 0.25) is 0 Å². The van der Waals surface area contributed by atoms with Crippen LogP contribution in [0.5, 0.6) is 0 Å². The topological polar surface area (TPSA) is 24.7 Å². The van der Waals surface area contributed by atoms with E-state index in [-0.39, 0.29) is 0 Å². The summed E-state index contributed by atoms with van der Waals surface area (Å²) in [4.78, 5) is 11.2. The van der Waals surface area contributed by atoms with Crippen LogP contribution in [0.4, 0.5) is 11.4 Å². The standard InChI is InChI=1S/C38H44N2/c1-25(2)31-21-15-22-32(26(3)4)37(31)39-35(29-17-11-9-12-18-29)36(30-19-13-10-14-20-30)40-38-33(27(5)6)23-16-24-34(38)28(7)8/h9-28H,1-8H3. The molecule has 206 valence electrons. The second kappa shape index (κ2) is 13.0. The van der Waals surface area contributed by atoms with Crippen molar-refractivity contribution in [3.63, 3.8) is 0 Å². The Hall–Kier alpha value is -3.78. The average molecular weight is 529 g/mol. The van der Waals surface area contributed by atoms with Crippen LogP contribution in [0, 0.1) is 0 Å². The van der Waals surface area contributed by atoms with Gasteiger partial charge in [-0.2, -0.15) is 0 Å². The molecule has 4 aromatic rings. The van der Waals surface area contributed by atoms with E-state index in [9.17, 15) is 0 Å². The summed E-state index contributed by atoms with van der Waals surface area (Å²) < 4.78 is 0. The van der Waals surface area contributed by atoms with Crippen molar-refractivity contribution in [1.82, 2.24) is 0 Å². The van der Waals surface area contributed by atoms with Crippen molar-refractivity contribution in [2.45, 2.75) is 79.1 Å². The summed E-state index contributed by atoms with van der Waals surface area (Å²) in [5.74, 6) is 1.39. The molecule has 4 rings (SSSR count). The summed E-state index contributed by atoms with van der Waals surface area (Å²) >= 11 is 0. The number of hydrogen-bond donors (Lipinski definition) is 0. The molecule has 0 radical (unpaired) electrons. The molecule has 0 unspecified atom stereocenters. The molecule has 40 heavy (non-hydrogen) atoms. The zero-order valence-electron chi connectivity index (χ0n) is 25.4. The van der Waals surface area contributed by atoms with Crippen LogP contribution in [0.25, 0.3) is 0 Å². The molecule has 0 atom stereocenters. The molecule has 0 N–H and O–H groups in total. The average Bonchev–Trinajstić information content (AvgIpc) is 2.95. The lowest BCUT2D eigenvalue weighted by molar-refractivity contribution is 0.834. The Morgan fingerprint density at radius 1 is 0.375 bits per heavy atom. The second-order valence-corrected chi connectivity index (χ2v) is 11.8. The highest BCUT2D eigenvalue weighted by atomic mass is 14.8. The van der Waals surface area contributed by atoms with Crippen molar-refractivity contribution in [2.24, 2.45) is 9.98 Å². The summed E-state index contributed by atoms with van der Waals surface area (Å²) in [5, 5.41) is 0. The van der Waals surface area contributed by atoms with Crippen LogP contribution in [-0.4, -0.2) is 11.4 Å². The van der Waals surface area contributed by atoms with Crippen molar-refractivity contribution >= 4 is 22.8 Å². The molecule has 0 aliphatic rings. The predicted molar refractivity (Wildman–Crippen MR) is 175 cm³/mol. The Balaban J connectivity index is 2.15. The van der Waals surface area contributed by atoms with E-state index in [2.05, 4.69) is 152 Å². The molecule has 0 aliphatic carbocycles. The van der Waals surface area contributed by atoms with Gasteiger partial charge < -0.3 is 0 Å². The number of para-hydroxylation sites is 2. The largest absolute Gasteiger partial charge is 0.246 e. The number of rotatable bonds is 9. The Kier molecular flexibility index (Phi) is 9.53. The first-order chi connectivity index (χ1) is 19.2. The van der Waals surface area contributed by atoms with Crippen LogP contribution in [0.3, 0.4) is 0 Å². The minimum absolute atomic E-state index is 0.348. The third kappa shape index (κ3) is 6.50. The van der Waals surface area contributed by atoms with Crippen molar-refractivity contribution < 1.29 is 0 Å². The van der Waals surface area contributed by atoms with E-state index in [4.69, 9.17) is 9.98 Å². The van der Waals surface area contributed by atoms with Gasteiger partial charge in [-0.1, -0.05) is 152 Å². The van der Waals surface area contributed by atoms with E-state index in [1.807, 2.05) is 0 Å². The quantitative estimate of drug-likeness (QED) is 0.193. The fourth-order valence-electron chi connectivity index (χ4n) is 5.21. The molecular weight excluding hydrogens is 484 g/mol. The summed E-state index contributed by atoms with van der Waals surface area (Å²) in [6.45, 7) is 18.0. The molecule has 0 aliphatic heterocycles. The van der Waals surface area contributed by atoms with Gasteiger partial charge in [0.1, 0.15) is 0 Å². The fraction of sp³-hybridized carbons (Fsp3) is 0.316. The van der Waals surface area contributed by atoms with Crippen molar-refractivity contribution in [2.75, 3.05) is 0 Å². The van der Waals surface area contributed by atoms with Gasteiger partial charge in [0.2, 0.25) is 0 Å². The molecule has 0 saturated heterocycles. The van der Waals surface area contributed by atoms with Gasteiger partial charge in [0.15, 0.2) is 0 Å². The minimum Gasteiger partial charge on any atom is -0.246 e. The number of aliphatic imine (C=N–C) groups is 2. The Bertz CT molecular complexity index is 1310. The molecular formula is C38H44N2. The third-order valence-corrected chi connectivity index (χ3v) is 7.45. The van der Waals surface area contributed by atoms with Crippen molar-refractivity contribution in [3.05, 3.63) is 130 Å². The first kappa shape index (κ1) is 29.2. The normalized spacial score (nSPS) is 12.7. The molecule has 2 heteroatoms. The van der Waals surface area contributed by atoms with E-state index >= 15 is 0 Å². The van der Waals surface area contributed by atoms with Crippen molar-refractivity contribution in [3.8, 4) is 0 Å². The maximum Gasteiger partial charge on any atom is 0.0972 e. The first-order valence-corrected chi connectivity index (χ1v) is 14.7. The van der Waals surface area contributed by atoms with Crippen LogP contribution >= 0.6 is 0 Å². The molecule has 0 spiro atoms. The van der Waals surface area contributed by atoms with Gasteiger partial charge in [-0.15, -0.1) is 0 Å². The fourth-order valence-corrected chi connectivity index (χ4v) is 5.21. The van der Waals surface area contributed by atoms with E-state index < -0.39 is 0 Å². The zero-order chi connectivity index (χ0) is 28.8. The Morgan fingerprint density at radius 2 is 0.650 bits per heavy atom. The van der Waals surface area contributed by atoms with E-state index in [1.54, 1.807) is 0 Å². The smallest absolute Gasteiger partial charge is 0.0972 e. The summed E-state index contributed by atoms with van der Waals surface area (Å²) in [6, 6.07) is 34.3. The molecule has 0 bridgehead atoms. The zero-order valence-corrected chi connectivity index (χ0v) is 25.4. The second-order valence-electron chi connectivity index (χ2n) is 11.8. The maximum absolute atomic E-state index is 5.58. The predicted octanol–water partition coefficient (Wildman–Crippen LogP) is 11.1. The number of hydrogen-bond acceptors (Lipinski definition) is 2. The lowest BCUT2D eigenvalue weighted by Crippen LogP contribution is -2.18. The van der Waals surface area contributed by atoms with Gasteiger partial charge >= 0.3 is 0 Å². The SMILES string of the molecule is CC(C)c1cccc(C(C)C)c1N=C(C(=Nc1c(C(C)C)cccc1C(C)C)c1ccccc1)c1ccccc1. The van der Waals surface area contributed by atoms with Gasteiger partial charge in [0.05, 0.1) is 22.8 Å². The van der Waals surface area contributed by atoms with Crippen molar-refractivity contribution in [1.29, 1.82) is 0 Å². The summed E-state index contributed by atoms with van der Waals surface area (Å²) in [6.07, 6.45) is 0. The molecule has 0 fully saturated rings. The van der Waals surface area contributed by atoms with Crippen LogP contribution in [0.15, 0.2) is 107 Å². The van der Waals surface area contributed by atoms with Gasteiger partial charge in [-0.05, 0) is 45.9 Å². The van der Waals surface area contributed by atoms with E-state index in [0.29, 0.717) is 23.7 Å². The first-order valence-electron chi connectivity index (χ1n) is 14.7. The highest BCUT2D eigenvalue weighted by molar-refractivity contribution is 6.54. The molecule has 4 aromatic carbocycles. The molecule has 0 saturated carbocycles. The van der Waals surface area contributed by atoms with Gasteiger partial charge in [-0.3, -0.25) is 0 Å².